The average molecular weight is 588 g/mol. The van der Waals surface area contributed by atoms with Gasteiger partial charge in [0.1, 0.15) is 18.1 Å². The maximum Gasteiger partial charge on any atom is 0.333 e. The molecule has 0 aliphatic heterocycles. The number of hydrogen-bond donors (Lipinski definition) is 1. The lowest BCUT2D eigenvalue weighted by Gasteiger charge is -2.13. The van der Waals surface area contributed by atoms with Crippen LogP contribution in [0.2, 0.25) is 0 Å². The molecule has 0 saturated carbocycles. The van der Waals surface area contributed by atoms with Crippen molar-refractivity contribution in [2.45, 2.75) is 32.3 Å². The second-order valence-electron chi connectivity index (χ2n) is 8.38. The predicted molar refractivity (Wildman–Crippen MR) is 157 cm³/mol. The van der Waals surface area contributed by atoms with Gasteiger partial charge in [0.25, 0.3) is 0 Å². The molecule has 3 aromatic carbocycles. The first kappa shape index (κ1) is 29.6. The van der Waals surface area contributed by atoms with Crippen LogP contribution in [0.5, 0.6) is 11.5 Å². The van der Waals surface area contributed by atoms with Crippen LogP contribution in [0.15, 0.2) is 89.4 Å². The van der Waals surface area contributed by atoms with Crippen molar-refractivity contribution in [3.05, 3.63) is 106 Å². The second-order valence-corrected chi connectivity index (χ2v) is 9.23. The average Bonchev–Trinajstić information content (AvgIpc) is 2.94. The summed E-state index contributed by atoms with van der Waals surface area (Å²) >= 11 is 3.49. The molecule has 0 amide bonds. The number of carboxylic acids is 1. The van der Waals surface area contributed by atoms with E-state index in [9.17, 15) is 9.90 Å². The third-order valence-corrected chi connectivity index (χ3v) is 6.01. The lowest BCUT2D eigenvalue weighted by molar-refractivity contribution is -0.149. The first-order chi connectivity index (χ1) is 19.0. The number of benzene rings is 3. The number of halogens is 1. The van der Waals surface area contributed by atoms with Gasteiger partial charge >= 0.3 is 5.97 Å². The van der Waals surface area contributed by atoms with Crippen molar-refractivity contribution in [1.82, 2.24) is 0 Å². The van der Waals surface area contributed by atoms with Crippen molar-refractivity contribution < 1.29 is 24.1 Å². The Morgan fingerprint density at radius 2 is 1.74 bits per heavy atom. The van der Waals surface area contributed by atoms with E-state index in [1.807, 2.05) is 78.9 Å². The maximum absolute atomic E-state index is 11.3. The van der Waals surface area contributed by atoms with Crippen LogP contribution >= 0.6 is 15.9 Å². The molecule has 0 radical (unpaired) electrons. The zero-order chi connectivity index (χ0) is 27.7. The van der Waals surface area contributed by atoms with Gasteiger partial charge in [-0.15, -0.1) is 0 Å². The highest BCUT2D eigenvalue weighted by molar-refractivity contribution is 9.10. The van der Waals surface area contributed by atoms with Crippen LogP contribution in [0.4, 0.5) is 0 Å². The summed E-state index contributed by atoms with van der Waals surface area (Å²) in [5.74, 6) is 13.1. The first-order valence-corrected chi connectivity index (χ1v) is 13.5. The second kappa shape index (κ2) is 16.8. The maximum atomic E-state index is 11.3. The molecular weight excluding hydrogens is 556 g/mol. The summed E-state index contributed by atoms with van der Waals surface area (Å²) in [6.07, 6.45) is 4.68. The number of rotatable bonds is 12. The molecule has 0 aliphatic rings. The number of unbranched alkanes of at least 4 members (excludes halogenated alkanes) is 1. The van der Waals surface area contributed by atoms with E-state index in [2.05, 4.69) is 39.6 Å². The van der Waals surface area contributed by atoms with Crippen molar-refractivity contribution in [2.75, 3.05) is 19.8 Å². The molecule has 6 heteroatoms. The molecule has 5 nitrogen and oxygen atoms in total. The van der Waals surface area contributed by atoms with Gasteiger partial charge in [0.2, 0.25) is 0 Å². The fraction of sp³-hybridized carbons (Fsp3) is 0.242. The standard InChI is InChI=1S/C33H31BrO5/c1-2-37-32(33(35)36)25-28-20-21-31(30(34)24-28)39-23-11-5-7-13-27-18-16-26(17-19-27)12-6-4-10-22-38-29-14-8-3-9-15-29/h3,5,8-9,11,14-21,24,32H,2,4,10,22-23,25H2,1H3,(H,35,36)/b11-5+. The molecule has 39 heavy (non-hydrogen) atoms. The molecule has 1 N–H and O–H groups in total. The third-order valence-electron chi connectivity index (χ3n) is 5.39. The lowest BCUT2D eigenvalue weighted by Crippen LogP contribution is -2.26. The minimum Gasteiger partial charge on any atom is -0.494 e. The normalized spacial score (nSPS) is 11.1. The Balaban J connectivity index is 1.38. The van der Waals surface area contributed by atoms with Gasteiger partial charge in [-0.05, 0) is 95.5 Å². The summed E-state index contributed by atoms with van der Waals surface area (Å²) in [6.45, 7) is 3.13. The van der Waals surface area contributed by atoms with Crippen LogP contribution in [0.25, 0.3) is 0 Å². The van der Waals surface area contributed by atoms with E-state index in [0.29, 0.717) is 25.6 Å². The van der Waals surface area contributed by atoms with Gasteiger partial charge in [-0.2, -0.15) is 0 Å². The van der Waals surface area contributed by atoms with Gasteiger partial charge in [-0.1, -0.05) is 47.9 Å². The van der Waals surface area contributed by atoms with E-state index >= 15 is 0 Å². The first-order valence-electron chi connectivity index (χ1n) is 12.7. The van der Waals surface area contributed by atoms with E-state index in [1.54, 1.807) is 13.0 Å². The lowest BCUT2D eigenvalue weighted by atomic mass is 10.1. The van der Waals surface area contributed by atoms with Gasteiger partial charge < -0.3 is 19.3 Å². The molecule has 200 valence electrons. The fourth-order valence-corrected chi connectivity index (χ4v) is 4.00. The van der Waals surface area contributed by atoms with Crippen LogP contribution in [0.3, 0.4) is 0 Å². The fourth-order valence-electron chi connectivity index (χ4n) is 3.46. The molecule has 0 bridgehead atoms. The van der Waals surface area contributed by atoms with E-state index in [1.165, 1.54) is 0 Å². The SMILES string of the molecule is CCOC(Cc1ccc(OC/C=C/C#Cc2ccc(C#CCCCOc3ccccc3)cc2)c(Br)c1)C(=O)O. The minimum atomic E-state index is -0.971. The molecule has 3 rings (SSSR count). The van der Waals surface area contributed by atoms with Crippen molar-refractivity contribution >= 4 is 21.9 Å². The van der Waals surface area contributed by atoms with Crippen LogP contribution in [-0.2, 0) is 16.0 Å². The highest BCUT2D eigenvalue weighted by Crippen LogP contribution is 2.27. The van der Waals surface area contributed by atoms with Crippen molar-refractivity contribution in [1.29, 1.82) is 0 Å². The zero-order valence-corrected chi connectivity index (χ0v) is 23.4. The summed E-state index contributed by atoms with van der Waals surface area (Å²) < 4.78 is 17.5. The predicted octanol–water partition coefficient (Wildman–Crippen LogP) is 6.68. The topological polar surface area (TPSA) is 65.0 Å². The number of carboxylic acid groups (broad SMARTS) is 1. The molecule has 1 atom stereocenters. The smallest absolute Gasteiger partial charge is 0.333 e. The molecule has 0 aliphatic carbocycles. The number of allylic oxidation sites excluding steroid dienone is 1. The van der Waals surface area contributed by atoms with Crippen LogP contribution < -0.4 is 9.47 Å². The summed E-state index contributed by atoms with van der Waals surface area (Å²) in [5.41, 5.74) is 2.72. The number of aliphatic carboxylic acids is 1. The van der Waals surface area contributed by atoms with Crippen molar-refractivity contribution in [3.8, 4) is 35.2 Å². The number of carbonyl (C=O) groups is 1. The van der Waals surface area contributed by atoms with Gasteiger partial charge in [0.05, 0.1) is 11.1 Å². The summed E-state index contributed by atoms with van der Waals surface area (Å²) in [7, 11) is 0. The van der Waals surface area contributed by atoms with Gasteiger partial charge in [0, 0.05) is 30.6 Å². The van der Waals surface area contributed by atoms with E-state index in [-0.39, 0.29) is 6.42 Å². The molecule has 3 aromatic rings. The molecule has 0 spiro atoms. The minimum absolute atomic E-state index is 0.287. The molecule has 0 aromatic heterocycles. The Morgan fingerprint density at radius 1 is 1.00 bits per heavy atom. The van der Waals surface area contributed by atoms with Crippen LogP contribution in [0.1, 0.15) is 36.5 Å². The van der Waals surface area contributed by atoms with Crippen LogP contribution in [0, 0.1) is 23.7 Å². The Morgan fingerprint density at radius 3 is 2.44 bits per heavy atom. The van der Waals surface area contributed by atoms with E-state index in [4.69, 9.17) is 14.2 Å². The summed E-state index contributed by atoms with van der Waals surface area (Å²) in [6, 6.07) is 23.1. The Hall–Kier alpha value is -3.97. The van der Waals surface area contributed by atoms with Crippen molar-refractivity contribution in [2.24, 2.45) is 0 Å². The zero-order valence-electron chi connectivity index (χ0n) is 21.9. The monoisotopic (exact) mass is 586 g/mol. The highest BCUT2D eigenvalue weighted by Gasteiger charge is 2.18. The largest absolute Gasteiger partial charge is 0.494 e. The van der Waals surface area contributed by atoms with Crippen LogP contribution in [-0.4, -0.2) is 37.0 Å². The summed E-state index contributed by atoms with van der Waals surface area (Å²) in [4.78, 5) is 11.3. The van der Waals surface area contributed by atoms with E-state index in [0.717, 1.165) is 39.8 Å². The molecule has 1 unspecified atom stereocenters. The van der Waals surface area contributed by atoms with Gasteiger partial charge in [-0.25, -0.2) is 4.79 Å². The highest BCUT2D eigenvalue weighted by atomic mass is 79.9. The molecule has 0 heterocycles. The third kappa shape index (κ3) is 11.1. The van der Waals surface area contributed by atoms with Gasteiger partial charge in [-0.3, -0.25) is 0 Å². The molecule has 0 fully saturated rings. The number of ether oxygens (including phenoxy) is 3. The number of hydrogen-bond acceptors (Lipinski definition) is 4. The summed E-state index contributed by atoms with van der Waals surface area (Å²) in [5, 5.41) is 9.26. The van der Waals surface area contributed by atoms with Gasteiger partial charge in [0.15, 0.2) is 6.10 Å². The van der Waals surface area contributed by atoms with Crippen molar-refractivity contribution in [3.63, 3.8) is 0 Å². The quantitative estimate of drug-likeness (QED) is 0.189. The Kier molecular flexibility index (Phi) is 12.7. The molecular formula is C33H31BrO5. The number of para-hydroxylation sites is 1. The van der Waals surface area contributed by atoms with E-state index < -0.39 is 12.1 Å². The Labute approximate surface area is 238 Å². The molecule has 0 saturated heterocycles. The Bertz CT molecular complexity index is 1340.